The third-order valence-electron chi connectivity index (χ3n) is 4.26. The van der Waals surface area contributed by atoms with Gasteiger partial charge in [-0.3, -0.25) is 4.98 Å². The fourth-order valence-corrected chi connectivity index (χ4v) is 3.52. The topological polar surface area (TPSA) is 100 Å². The molecule has 4 aromatic rings. The summed E-state index contributed by atoms with van der Waals surface area (Å²) < 4.78 is 30.1. The molecule has 8 heteroatoms. The second kappa shape index (κ2) is 6.08. The Morgan fingerprint density at radius 3 is 2.62 bits per heavy atom. The number of aromatic nitrogens is 3. The van der Waals surface area contributed by atoms with Crippen molar-refractivity contribution in [3.63, 3.8) is 0 Å². The van der Waals surface area contributed by atoms with Crippen LogP contribution in [0.15, 0.2) is 59.8 Å². The molecule has 0 saturated carbocycles. The van der Waals surface area contributed by atoms with Crippen molar-refractivity contribution in [2.45, 2.75) is 11.4 Å². The van der Waals surface area contributed by atoms with E-state index in [0.717, 1.165) is 27.6 Å². The van der Waals surface area contributed by atoms with Gasteiger partial charge in [-0.25, -0.2) is 18.5 Å². The summed E-state index contributed by atoms with van der Waals surface area (Å²) in [7, 11) is -2.10. The van der Waals surface area contributed by atoms with Gasteiger partial charge in [0.2, 0.25) is 10.0 Å². The fraction of sp³-hybridized carbons (Fsp3) is 0.111. The van der Waals surface area contributed by atoms with E-state index in [9.17, 15) is 8.42 Å². The molecule has 0 unspecified atom stereocenters. The van der Waals surface area contributed by atoms with E-state index in [1.54, 1.807) is 31.6 Å². The van der Waals surface area contributed by atoms with E-state index in [1.165, 1.54) is 12.1 Å². The highest BCUT2D eigenvalue weighted by Crippen LogP contribution is 2.29. The molecule has 26 heavy (non-hydrogen) atoms. The van der Waals surface area contributed by atoms with E-state index in [0.29, 0.717) is 12.3 Å². The van der Waals surface area contributed by atoms with Crippen molar-refractivity contribution in [1.29, 1.82) is 0 Å². The number of rotatable bonds is 4. The van der Waals surface area contributed by atoms with Gasteiger partial charge < -0.3 is 9.30 Å². The minimum Gasteiger partial charge on any atom is -0.495 e. The van der Waals surface area contributed by atoms with Crippen LogP contribution < -0.4 is 9.88 Å². The molecule has 0 fully saturated rings. The van der Waals surface area contributed by atoms with Gasteiger partial charge in [0.25, 0.3) is 0 Å². The summed E-state index contributed by atoms with van der Waals surface area (Å²) in [5.41, 5.74) is 3.50. The number of pyridine rings is 2. The molecular formula is C18H16N4O3S. The number of nitrogens with zero attached hydrogens (tertiary/aromatic N) is 3. The molecule has 0 amide bonds. The van der Waals surface area contributed by atoms with Gasteiger partial charge in [-0.2, -0.15) is 0 Å². The summed E-state index contributed by atoms with van der Waals surface area (Å²) in [4.78, 5) is 9.10. The number of primary sulfonamides is 1. The third-order valence-corrected chi connectivity index (χ3v) is 5.19. The minimum atomic E-state index is -3.70. The molecule has 2 N–H and O–H groups in total. The van der Waals surface area contributed by atoms with Crippen LogP contribution in [0.2, 0.25) is 0 Å². The van der Waals surface area contributed by atoms with Gasteiger partial charge >= 0.3 is 0 Å². The smallest absolute Gasteiger partial charge is 0.238 e. The van der Waals surface area contributed by atoms with Gasteiger partial charge in [0.15, 0.2) is 0 Å². The summed E-state index contributed by atoms with van der Waals surface area (Å²) >= 11 is 0. The molecule has 4 rings (SSSR count). The predicted molar refractivity (Wildman–Crippen MR) is 98.5 cm³/mol. The zero-order valence-corrected chi connectivity index (χ0v) is 14.8. The molecule has 0 aliphatic rings. The molecule has 7 nitrogen and oxygen atoms in total. The fourth-order valence-electron chi connectivity index (χ4n) is 3.00. The van der Waals surface area contributed by atoms with Crippen LogP contribution in [0.5, 0.6) is 5.75 Å². The van der Waals surface area contributed by atoms with E-state index in [1.807, 2.05) is 22.8 Å². The zero-order valence-electron chi connectivity index (χ0n) is 14.0. The van der Waals surface area contributed by atoms with Crippen molar-refractivity contribution in [2.24, 2.45) is 5.14 Å². The van der Waals surface area contributed by atoms with Crippen LogP contribution in [-0.4, -0.2) is 30.1 Å². The molecule has 0 atom stereocenters. The number of hydrogen-bond donors (Lipinski definition) is 1. The second-order valence-electron chi connectivity index (χ2n) is 5.89. The van der Waals surface area contributed by atoms with E-state index in [-0.39, 0.29) is 4.90 Å². The first-order chi connectivity index (χ1) is 12.5. The van der Waals surface area contributed by atoms with Gasteiger partial charge in [-0.05, 0) is 35.9 Å². The average molecular weight is 368 g/mol. The quantitative estimate of drug-likeness (QED) is 0.596. The van der Waals surface area contributed by atoms with Gasteiger partial charge in [-0.15, -0.1) is 0 Å². The lowest BCUT2D eigenvalue weighted by molar-refractivity contribution is 0.413. The van der Waals surface area contributed by atoms with Crippen molar-refractivity contribution >= 4 is 32.1 Å². The van der Waals surface area contributed by atoms with Crippen LogP contribution in [0.3, 0.4) is 0 Å². The van der Waals surface area contributed by atoms with Crippen molar-refractivity contribution < 1.29 is 13.2 Å². The summed E-state index contributed by atoms with van der Waals surface area (Å²) in [5, 5.41) is 6.06. The lowest BCUT2D eigenvalue weighted by atomic mass is 10.2. The highest BCUT2D eigenvalue weighted by molar-refractivity contribution is 7.89. The van der Waals surface area contributed by atoms with Crippen LogP contribution >= 0.6 is 0 Å². The van der Waals surface area contributed by atoms with Gasteiger partial charge in [0.05, 0.1) is 29.2 Å². The van der Waals surface area contributed by atoms with Crippen LogP contribution in [-0.2, 0) is 16.6 Å². The normalized spacial score (nSPS) is 11.9. The number of ether oxygens (including phenoxy) is 1. The van der Waals surface area contributed by atoms with Gasteiger partial charge in [-0.1, -0.05) is 12.1 Å². The van der Waals surface area contributed by atoms with Crippen molar-refractivity contribution in [3.05, 3.63) is 60.4 Å². The Hall–Kier alpha value is -2.97. The number of benzene rings is 1. The number of nitrogens with two attached hydrogens (primary N) is 1. The van der Waals surface area contributed by atoms with Crippen LogP contribution in [0.4, 0.5) is 0 Å². The largest absolute Gasteiger partial charge is 0.495 e. The Balaban J connectivity index is 1.85. The van der Waals surface area contributed by atoms with Crippen molar-refractivity contribution in [2.75, 3.05) is 7.11 Å². The molecule has 1 aromatic carbocycles. The number of sulfonamides is 1. The molecule has 0 aliphatic carbocycles. The van der Waals surface area contributed by atoms with E-state index in [2.05, 4.69) is 9.97 Å². The van der Waals surface area contributed by atoms with Crippen molar-refractivity contribution in [3.8, 4) is 5.75 Å². The Morgan fingerprint density at radius 1 is 1.15 bits per heavy atom. The number of hydrogen-bond acceptors (Lipinski definition) is 5. The molecular weight excluding hydrogens is 352 g/mol. The third kappa shape index (κ3) is 2.79. The number of fused-ring (bicyclic) bond motifs is 3. The molecule has 3 heterocycles. The molecule has 0 radical (unpaired) electrons. The molecule has 132 valence electrons. The zero-order chi connectivity index (χ0) is 18.3. The van der Waals surface area contributed by atoms with Crippen molar-refractivity contribution in [1.82, 2.24) is 14.5 Å². The lowest BCUT2D eigenvalue weighted by Crippen LogP contribution is -2.12. The molecule has 0 aliphatic heterocycles. The Bertz CT molecular complexity index is 1210. The van der Waals surface area contributed by atoms with E-state index in [4.69, 9.17) is 9.88 Å². The Labute approximate surface area is 150 Å². The minimum absolute atomic E-state index is 0.0907. The van der Waals surface area contributed by atoms with Gasteiger partial charge in [0, 0.05) is 18.1 Å². The van der Waals surface area contributed by atoms with Crippen LogP contribution in [0.1, 0.15) is 5.56 Å². The predicted octanol–water partition coefficient (Wildman–Crippen LogP) is 2.29. The molecule has 3 aromatic heterocycles. The van der Waals surface area contributed by atoms with Gasteiger partial charge in [0.1, 0.15) is 11.4 Å². The standard InChI is InChI=1S/C18H16N4O3S/c1-25-13-9-15-17-16(3-2-8-20-17)22(18(15)21-10-13)11-12-4-6-14(7-5-12)26(19,23)24/h2-10H,11H2,1H3,(H2,19,23,24). The maximum absolute atomic E-state index is 11.4. The van der Waals surface area contributed by atoms with Crippen LogP contribution in [0, 0.1) is 0 Å². The molecule has 0 spiro atoms. The monoisotopic (exact) mass is 368 g/mol. The summed E-state index contributed by atoms with van der Waals surface area (Å²) in [6, 6.07) is 12.3. The summed E-state index contributed by atoms with van der Waals surface area (Å²) in [6.45, 7) is 0.524. The van der Waals surface area contributed by atoms with E-state index < -0.39 is 10.0 Å². The average Bonchev–Trinajstić information content (AvgIpc) is 2.95. The van der Waals surface area contributed by atoms with E-state index >= 15 is 0 Å². The summed E-state index contributed by atoms with van der Waals surface area (Å²) in [5.74, 6) is 0.666. The molecule has 0 saturated heterocycles. The highest BCUT2D eigenvalue weighted by Gasteiger charge is 2.14. The summed E-state index contributed by atoms with van der Waals surface area (Å²) in [6.07, 6.45) is 3.41. The SMILES string of the molecule is COc1cnc2c(c1)c1ncccc1n2Cc1ccc(S(N)(=O)=O)cc1. The Kier molecular flexibility index (Phi) is 3.86. The van der Waals surface area contributed by atoms with Crippen LogP contribution in [0.25, 0.3) is 22.1 Å². The first kappa shape index (κ1) is 16.5. The highest BCUT2D eigenvalue weighted by atomic mass is 32.2. The maximum atomic E-state index is 11.4. The Morgan fingerprint density at radius 2 is 1.92 bits per heavy atom. The first-order valence-corrected chi connectivity index (χ1v) is 9.41. The molecule has 0 bridgehead atoms. The second-order valence-corrected chi connectivity index (χ2v) is 7.45. The maximum Gasteiger partial charge on any atom is 0.238 e. The number of methoxy groups -OCH3 is 1. The first-order valence-electron chi connectivity index (χ1n) is 7.86. The lowest BCUT2D eigenvalue weighted by Gasteiger charge is -2.08.